The third-order valence-corrected chi connectivity index (χ3v) is 2.29. The topological polar surface area (TPSA) is 0 Å². The third-order valence-electron chi connectivity index (χ3n) is 2.29. The summed E-state index contributed by atoms with van der Waals surface area (Å²) in [6, 6.07) is 0. The minimum Gasteiger partial charge on any atom is -0.0885 e. The van der Waals surface area contributed by atoms with Crippen LogP contribution in [0.25, 0.3) is 0 Å². The predicted octanol–water partition coefficient (Wildman–Crippen LogP) is 4.40. The first-order chi connectivity index (χ1) is 6.50. The lowest BCUT2D eigenvalue weighted by Gasteiger charge is -1.94. The molecule has 0 aromatic heterocycles. The van der Waals surface area contributed by atoms with Gasteiger partial charge in [0, 0.05) is 0 Å². The highest BCUT2D eigenvalue weighted by atomic mass is 13.9. The summed E-state index contributed by atoms with van der Waals surface area (Å²) >= 11 is 0. The summed E-state index contributed by atoms with van der Waals surface area (Å²) in [5.74, 6) is 0. The molecule has 1 aliphatic rings. The molecular weight excluding hydrogens is 156 g/mol. The minimum atomic E-state index is 1.18. The van der Waals surface area contributed by atoms with E-state index < -0.39 is 0 Å². The molecule has 0 atom stereocenters. The predicted molar refractivity (Wildman–Crippen MR) is 59.7 cm³/mol. The van der Waals surface area contributed by atoms with Crippen LogP contribution in [-0.4, -0.2) is 0 Å². The Hall–Kier alpha value is -0.780. The molecule has 0 radical (unpaired) electrons. The van der Waals surface area contributed by atoms with Crippen molar-refractivity contribution in [3.05, 3.63) is 36.5 Å². The molecule has 0 heterocycles. The minimum absolute atomic E-state index is 1.18. The van der Waals surface area contributed by atoms with Gasteiger partial charge in [-0.15, -0.1) is 0 Å². The second kappa shape index (κ2) is 7.85. The number of hydrogen-bond acceptors (Lipinski definition) is 0. The normalized spacial score (nSPS) is 22.8. The maximum Gasteiger partial charge on any atom is -0.0313 e. The van der Waals surface area contributed by atoms with Crippen LogP contribution in [0.4, 0.5) is 0 Å². The fourth-order valence-corrected chi connectivity index (χ4v) is 1.48. The molecule has 0 fully saturated rings. The van der Waals surface area contributed by atoms with Gasteiger partial charge in [0.15, 0.2) is 0 Å². The second-order valence-electron chi connectivity index (χ2n) is 3.54. The molecular formula is C13H20. The van der Waals surface area contributed by atoms with E-state index >= 15 is 0 Å². The Morgan fingerprint density at radius 2 is 1.00 bits per heavy atom. The summed E-state index contributed by atoms with van der Waals surface area (Å²) in [4.78, 5) is 0. The SMILES string of the molecule is C1=CCCCCCC=CCC/C=C/1. The summed E-state index contributed by atoms with van der Waals surface area (Å²) in [6.45, 7) is 0. The van der Waals surface area contributed by atoms with E-state index in [4.69, 9.17) is 0 Å². The summed E-state index contributed by atoms with van der Waals surface area (Å²) in [5.41, 5.74) is 0. The molecule has 0 aliphatic heterocycles. The molecule has 0 heteroatoms. The maximum absolute atomic E-state index is 2.33. The largest absolute Gasteiger partial charge is 0.0885 e. The molecule has 0 aromatic carbocycles. The lowest BCUT2D eigenvalue weighted by atomic mass is 10.1. The molecule has 0 nitrogen and oxygen atoms in total. The fraction of sp³-hybridized carbons (Fsp3) is 0.538. The first-order valence-electron chi connectivity index (χ1n) is 5.47. The average molecular weight is 176 g/mol. The van der Waals surface area contributed by atoms with Gasteiger partial charge in [-0.2, -0.15) is 0 Å². The zero-order valence-corrected chi connectivity index (χ0v) is 8.41. The van der Waals surface area contributed by atoms with Crippen LogP contribution < -0.4 is 0 Å². The van der Waals surface area contributed by atoms with Crippen molar-refractivity contribution in [1.29, 1.82) is 0 Å². The molecule has 0 aromatic rings. The quantitative estimate of drug-likeness (QED) is 0.480. The maximum atomic E-state index is 2.33. The molecule has 0 amide bonds. The van der Waals surface area contributed by atoms with Gasteiger partial charge in [-0.3, -0.25) is 0 Å². The Morgan fingerprint density at radius 3 is 1.85 bits per heavy atom. The molecule has 0 bridgehead atoms. The van der Waals surface area contributed by atoms with Crippen molar-refractivity contribution in [2.45, 2.75) is 44.9 Å². The Morgan fingerprint density at radius 1 is 0.462 bits per heavy atom. The third kappa shape index (κ3) is 6.39. The lowest BCUT2D eigenvalue weighted by Crippen LogP contribution is -1.74. The van der Waals surface area contributed by atoms with Crippen LogP contribution >= 0.6 is 0 Å². The highest BCUT2D eigenvalue weighted by Crippen LogP contribution is 2.06. The average Bonchev–Trinajstić information content (AvgIpc) is 2.18. The molecule has 0 unspecified atom stereocenters. The van der Waals surface area contributed by atoms with Crippen LogP contribution in [0.1, 0.15) is 44.9 Å². The van der Waals surface area contributed by atoms with Crippen LogP contribution in [0.2, 0.25) is 0 Å². The first-order valence-corrected chi connectivity index (χ1v) is 5.47. The number of rotatable bonds is 0. The standard InChI is InChI=1S/C13H20/c1-2-4-6-8-10-12-13-11-9-7-5-3-1/h1-4,9,11H,5-8,10,12-13H2/b3-1+,4-2?,11-9?. The Kier molecular flexibility index (Phi) is 6.22. The number of allylic oxidation sites excluding steroid dienone is 6. The molecule has 1 aliphatic carbocycles. The monoisotopic (exact) mass is 176 g/mol. The molecule has 0 saturated heterocycles. The van der Waals surface area contributed by atoms with Crippen molar-refractivity contribution < 1.29 is 0 Å². The molecule has 72 valence electrons. The van der Waals surface area contributed by atoms with Crippen molar-refractivity contribution in [1.82, 2.24) is 0 Å². The van der Waals surface area contributed by atoms with Crippen LogP contribution in [0.5, 0.6) is 0 Å². The van der Waals surface area contributed by atoms with Gasteiger partial charge < -0.3 is 0 Å². The summed E-state index contributed by atoms with van der Waals surface area (Å²) in [5, 5.41) is 0. The Labute approximate surface area is 82.0 Å². The Balaban J connectivity index is 2.28. The van der Waals surface area contributed by atoms with E-state index in [1.54, 1.807) is 0 Å². The van der Waals surface area contributed by atoms with Crippen LogP contribution in [0.15, 0.2) is 36.5 Å². The van der Waals surface area contributed by atoms with E-state index in [9.17, 15) is 0 Å². The smallest absolute Gasteiger partial charge is 0.0313 e. The summed E-state index contributed by atoms with van der Waals surface area (Å²) < 4.78 is 0. The summed E-state index contributed by atoms with van der Waals surface area (Å²) in [6.07, 6.45) is 22.5. The van der Waals surface area contributed by atoms with Crippen molar-refractivity contribution in [2.75, 3.05) is 0 Å². The molecule has 1 rings (SSSR count). The van der Waals surface area contributed by atoms with Crippen molar-refractivity contribution in [2.24, 2.45) is 0 Å². The van der Waals surface area contributed by atoms with Gasteiger partial charge in [0.05, 0.1) is 0 Å². The molecule has 0 spiro atoms. The van der Waals surface area contributed by atoms with Crippen LogP contribution in [0, 0.1) is 0 Å². The van der Waals surface area contributed by atoms with Crippen molar-refractivity contribution >= 4 is 0 Å². The molecule has 13 heavy (non-hydrogen) atoms. The zero-order chi connectivity index (χ0) is 9.19. The van der Waals surface area contributed by atoms with Gasteiger partial charge in [0.1, 0.15) is 0 Å². The highest BCUT2D eigenvalue weighted by Gasteiger charge is 1.86. The van der Waals surface area contributed by atoms with Gasteiger partial charge in [0.2, 0.25) is 0 Å². The van der Waals surface area contributed by atoms with Gasteiger partial charge in [0.25, 0.3) is 0 Å². The van der Waals surface area contributed by atoms with E-state index in [1.165, 1.54) is 44.9 Å². The Bertz CT molecular complexity index is 184. The zero-order valence-electron chi connectivity index (χ0n) is 8.41. The van der Waals surface area contributed by atoms with E-state index in [0.717, 1.165) is 0 Å². The lowest BCUT2D eigenvalue weighted by molar-refractivity contribution is 0.695. The van der Waals surface area contributed by atoms with E-state index in [1.807, 2.05) is 0 Å². The van der Waals surface area contributed by atoms with Crippen molar-refractivity contribution in [3.8, 4) is 0 Å². The van der Waals surface area contributed by atoms with Gasteiger partial charge in [-0.1, -0.05) is 42.9 Å². The molecule has 0 saturated carbocycles. The fourth-order valence-electron chi connectivity index (χ4n) is 1.48. The highest BCUT2D eigenvalue weighted by molar-refractivity contribution is 5.03. The van der Waals surface area contributed by atoms with E-state index in [0.29, 0.717) is 0 Å². The molecule has 0 N–H and O–H groups in total. The van der Waals surface area contributed by atoms with Crippen molar-refractivity contribution in [3.63, 3.8) is 0 Å². The van der Waals surface area contributed by atoms with Crippen LogP contribution in [-0.2, 0) is 0 Å². The summed E-state index contributed by atoms with van der Waals surface area (Å²) in [7, 11) is 0. The van der Waals surface area contributed by atoms with Crippen LogP contribution in [0.3, 0.4) is 0 Å². The van der Waals surface area contributed by atoms with Gasteiger partial charge >= 0.3 is 0 Å². The van der Waals surface area contributed by atoms with E-state index in [2.05, 4.69) is 36.5 Å². The number of hydrogen-bond donors (Lipinski definition) is 0. The van der Waals surface area contributed by atoms with Gasteiger partial charge in [-0.25, -0.2) is 0 Å². The second-order valence-corrected chi connectivity index (χ2v) is 3.54. The van der Waals surface area contributed by atoms with E-state index in [-0.39, 0.29) is 0 Å². The van der Waals surface area contributed by atoms with Gasteiger partial charge in [-0.05, 0) is 38.5 Å². The first kappa shape index (κ1) is 10.3.